The average Bonchev–Trinajstić information content (AvgIpc) is 2.32. The Morgan fingerprint density at radius 3 is 2.56 bits per heavy atom. The summed E-state index contributed by atoms with van der Waals surface area (Å²) in [5.41, 5.74) is 0.148. The van der Waals surface area contributed by atoms with Crippen molar-refractivity contribution in [3.63, 3.8) is 0 Å². The van der Waals surface area contributed by atoms with Crippen LogP contribution in [0.3, 0.4) is 0 Å². The van der Waals surface area contributed by atoms with Gasteiger partial charge in [-0.15, -0.1) is 10.2 Å². The smallest absolute Gasteiger partial charge is 0.258 e. The van der Waals surface area contributed by atoms with Crippen molar-refractivity contribution in [3.05, 3.63) is 51.9 Å². The van der Waals surface area contributed by atoms with Crippen LogP contribution in [0.5, 0.6) is 0 Å². The lowest BCUT2D eigenvalue weighted by Crippen LogP contribution is -2.13. The molecule has 7 heteroatoms. The van der Waals surface area contributed by atoms with Crippen molar-refractivity contribution in [1.29, 1.82) is 0 Å². The Labute approximate surface area is 112 Å². The molecule has 0 fully saturated rings. The highest BCUT2D eigenvalue weighted by molar-refractivity contribution is 6.34. The van der Waals surface area contributed by atoms with Crippen LogP contribution < -0.4 is 5.32 Å². The molecule has 1 heterocycles. The molecule has 0 spiro atoms. The molecule has 0 bridgehead atoms. The molecular formula is C11H6Cl2FN3O. The van der Waals surface area contributed by atoms with Gasteiger partial charge in [0.1, 0.15) is 5.82 Å². The van der Waals surface area contributed by atoms with Gasteiger partial charge in [0.15, 0.2) is 11.0 Å². The van der Waals surface area contributed by atoms with Gasteiger partial charge in [0.2, 0.25) is 0 Å². The van der Waals surface area contributed by atoms with E-state index in [0.717, 1.165) is 12.1 Å². The summed E-state index contributed by atoms with van der Waals surface area (Å²) >= 11 is 11.3. The molecule has 0 saturated heterocycles. The molecule has 0 unspecified atom stereocenters. The van der Waals surface area contributed by atoms with E-state index in [9.17, 15) is 9.18 Å². The molecule has 1 aromatic carbocycles. The van der Waals surface area contributed by atoms with Crippen LogP contribution in [0.15, 0.2) is 30.3 Å². The number of anilines is 1. The Hall–Kier alpha value is -1.72. The number of benzene rings is 1. The molecule has 1 N–H and O–H groups in total. The number of nitrogens with zero attached hydrogens (tertiary/aromatic N) is 2. The normalized spacial score (nSPS) is 10.2. The van der Waals surface area contributed by atoms with E-state index in [2.05, 4.69) is 15.5 Å². The van der Waals surface area contributed by atoms with Gasteiger partial charge in [-0.3, -0.25) is 4.79 Å². The monoisotopic (exact) mass is 285 g/mol. The van der Waals surface area contributed by atoms with Crippen molar-refractivity contribution in [1.82, 2.24) is 10.2 Å². The molecule has 0 aliphatic carbocycles. The number of carbonyl (C=O) groups excluding carboxylic acids is 1. The maximum atomic E-state index is 12.8. The van der Waals surface area contributed by atoms with Crippen molar-refractivity contribution in [2.24, 2.45) is 0 Å². The number of nitrogens with one attached hydrogen (secondary N) is 1. The van der Waals surface area contributed by atoms with E-state index in [1.165, 1.54) is 18.2 Å². The molecule has 0 aliphatic heterocycles. The molecule has 92 valence electrons. The van der Waals surface area contributed by atoms with Gasteiger partial charge in [0.05, 0.1) is 10.6 Å². The lowest BCUT2D eigenvalue weighted by molar-refractivity contribution is 0.102. The number of hydrogen-bond donors (Lipinski definition) is 1. The van der Waals surface area contributed by atoms with Crippen LogP contribution in [-0.2, 0) is 0 Å². The summed E-state index contributed by atoms with van der Waals surface area (Å²) in [7, 11) is 0. The van der Waals surface area contributed by atoms with Gasteiger partial charge in [-0.2, -0.15) is 0 Å². The van der Waals surface area contributed by atoms with Crippen LogP contribution in [0.25, 0.3) is 0 Å². The van der Waals surface area contributed by atoms with E-state index in [4.69, 9.17) is 23.2 Å². The van der Waals surface area contributed by atoms with E-state index in [1.807, 2.05) is 0 Å². The first-order valence-electron chi connectivity index (χ1n) is 4.82. The summed E-state index contributed by atoms with van der Waals surface area (Å²) in [5, 5.41) is 9.94. The first-order chi connectivity index (χ1) is 8.56. The number of amides is 1. The van der Waals surface area contributed by atoms with Crippen LogP contribution >= 0.6 is 23.2 Å². The first-order valence-corrected chi connectivity index (χ1v) is 5.57. The SMILES string of the molecule is O=C(Nc1ccc(Cl)nn1)c1ccc(F)cc1Cl. The van der Waals surface area contributed by atoms with Gasteiger partial charge in [-0.1, -0.05) is 23.2 Å². The summed E-state index contributed by atoms with van der Waals surface area (Å²) in [6.45, 7) is 0. The standard InChI is InChI=1S/C11H6Cl2FN3O/c12-8-5-6(14)1-2-7(8)11(18)15-10-4-3-9(13)16-17-10/h1-5H,(H,15,17,18). The highest BCUT2D eigenvalue weighted by Crippen LogP contribution is 2.18. The van der Waals surface area contributed by atoms with Gasteiger partial charge in [-0.05, 0) is 30.3 Å². The lowest BCUT2D eigenvalue weighted by Gasteiger charge is -2.05. The minimum absolute atomic E-state index is 0.0226. The van der Waals surface area contributed by atoms with Gasteiger partial charge in [0, 0.05) is 0 Å². The fourth-order valence-electron chi connectivity index (χ4n) is 1.24. The quantitative estimate of drug-likeness (QED) is 0.922. The second-order valence-corrected chi connectivity index (χ2v) is 4.11. The average molecular weight is 286 g/mol. The highest BCUT2D eigenvalue weighted by atomic mass is 35.5. The second kappa shape index (κ2) is 5.29. The molecule has 0 atom stereocenters. The third-order valence-electron chi connectivity index (χ3n) is 2.05. The molecule has 0 saturated carbocycles. The zero-order valence-corrected chi connectivity index (χ0v) is 10.3. The maximum Gasteiger partial charge on any atom is 0.258 e. The fraction of sp³-hybridized carbons (Fsp3) is 0. The molecule has 1 aromatic heterocycles. The number of halogens is 3. The van der Waals surface area contributed by atoms with E-state index in [1.54, 1.807) is 0 Å². The topological polar surface area (TPSA) is 54.9 Å². The summed E-state index contributed by atoms with van der Waals surface area (Å²) in [6, 6.07) is 6.47. The van der Waals surface area contributed by atoms with Crippen LogP contribution in [-0.4, -0.2) is 16.1 Å². The van der Waals surface area contributed by atoms with Crippen molar-refractivity contribution in [2.45, 2.75) is 0 Å². The Morgan fingerprint density at radius 1 is 1.17 bits per heavy atom. The number of rotatable bonds is 2. The minimum Gasteiger partial charge on any atom is -0.305 e. The summed E-state index contributed by atoms with van der Waals surface area (Å²) in [4.78, 5) is 11.8. The Morgan fingerprint density at radius 2 is 1.94 bits per heavy atom. The second-order valence-electron chi connectivity index (χ2n) is 3.32. The van der Waals surface area contributed by atoms with E-state index in [-0.39, 0.29) is 21.6 Å². The molecule has 2 rings (SSSR count). The first kappa shape index (κ1) is 12.7. The maximum absolute atomic E-state index is 12.8. The van der Waals surface area contributed by atoms with Crippen LogP contribution in [0.1, 0.15) is 10.4 Å². The van der Waals surface area contributed by atoms with Crippen molar-refractivity contribution < 1.29 is 9.18 Å². The van der Waals surface area contributed by atoms with E-state index in [0.29, 0.717) is 0 Å². The van der Waals surface area contributed by atoms with Crippen molar-refractivity contribution in [3.8, 4) is 0 Å². The molecule has 0 aliphatic rings. The zero-order chi connectivity index (χ0) is 13.1. The van der Waals surface area contributed by atoms with Gasteiger partial charge in [0.25, 0.3) is 5.91 Å². The Kier molecular flexibility index (Phi) is 3.74. The van der Waals surface area contributed by atoms with E-state index < -0.39 is 11.7 Å². The highest BCUT2D eigenvalue weighted by Gasteiger charge is 2.12. The lowest BCUT2D eigenvalue weighted by atomic mass is 10.2. The molecular weight excluding hydrogens is 280 g/mol. The van der Waals surface area contributed by atoms with Crippen molar-refractivity contribution in [2.75, 3.05) is 5.32 Å². The summed E-state index contributed by atoms with van der Waals surface area (Å²) in [6.07, 6.45) is 0. The Bertz CT molecular complexity index is 589. The van der Waals surface area contributed by atoms with Crippen LogP contribution in [0, 0.1) is 5.82 Å². The summed E-state index contributed by atoms with van der Waals surface area (Å²) in [5.74, 6) is -0.788. The third kappa shape index (κ3) is 2.94. The predicted octanol–water partition coefficient (Wildman–Crippen LogP) is 3.17. The molecule has 4 nitrogen and oxygen atoms in total. The largest absolute Gasteiger partial charge is 0.305 e. The van der Waals surface area contributed by atoms with Gasteiger partial charge >= 0.3 is 0 Å². The molecule has 1 amide bonds. The van der Waals surface area contributed by atoms with Gasteiger partial charge in [-0.25, -0.2) is 4.39 Å². The Balaban J connectivity index is 2.19. The van der Waals surface area contributed by atoms with Gasteiger partial charge < -0.3 is 5.32 Å². The number of aromatic nitrogens is 2. The number of hydrogen-bond acceptors (Lipinski definition) is 3. The third-order valence-corrected chi connectivity index (χ3v) is 2.56. The van der Waals surface area contributed by atoms with Crippen molar-refractivity contribution >= 4 is 34.9 Å². The van der Waals surface area contributed by atoms with Crippen LogP contribution in [0.2, 0.25) is 10.2 Å². The number of carbonyl (C=O) groups is 1. The van der Waals surface area contributed by atoms with E-state index >= 15 is 0 Å². The predicted molar refractivity (Wildman–Crippen MR) is 66.4 cm³/mol. The summed E-state index contributed by atoms with van der Waals surface area (Å²) < 4.78 is 12.8. The molecule has 2 aromatic rings. The zero-order valence-electron chi connectivity index (χ0n) is 8.82. The minimum atomic E-state index is -0.511. The fourth-order valence-corrected chi connectivity index (χ4v) is 1.59. The molecule has 0 radical (unpaired) electrons. The van der Waals surface area contributed by atoms with Crippen LogP contribution in [0.4, 0.5) is 10.2 Å². The molecule has 18 heavy (non-hydrogen) atoms.